The molecule has 0 aromatic heterocycles. The van der Waals surface area contributed by atoms with Gasteiger partial charge in [-0.1, -0.05) is 13.0 Å². The first-order valence-corrected chi connectivity index (χ1v) is 7.46. The number of benzene rings is 1. The molecule has 4 heteroatoms. The molecule has 0 bridgehead atoms. The van der Waals surface area contributed by atoms with E-state index in [0.717, 1.165) is 30.9 Å². The maximum Gasteiger partial charge on any atom is 0.125 e. The maximum atomic E-state index is 6.17. The van der Waals surface area contributed by atoms with Crippen LogP contribution in [0.15, 0.2) is 18.2 Å². The van der Waals surface area contributed by atoms with E-state index in [-0.39, 0.29) is 6.04 Å². The zero-order chi connectivity index (χ0) is 14.7. The fourth-order valence-corrected chi connectivity index (χ4v) is 3.05. The average molecular weight is 277 g/mol. The van der Waals surface area contributed by atoms with Gasteiger partial charge in [0.15, 0.2) is 0 Å². The number of rotatable bonds is 4. The SMILES string of the molecule is CCC1CN(c2cccc(OC)c2[C@H](C)N)CCN1C. The Morgan fingerprint density at radius 1 is 1.40 bits per heavy atom. The highest BCUT2D eigenvalue weighted by molar-refractivity contribution is 5.61. The van der Waals surface area contributed by atoms with Crippen molar-refractivity contribution >= 4 is 5.69 Å². The van der Waals surface area contributed by atoms with Crippen LogP contribution in [-0.4, -0.2) is 44.7 Å². The predicted molar refractivity (Wildman–Crippen MR) is 84.5 cm³/mol. The number of likely N-dealkylation sites (N-methyl/N-ethyl adjacent to an activating group) is 1. The van der Waals surface area contributed by atoms with Crippen molar-refractivity contribution in [3.63, 3.8) is 0 Å². The summed E-state index contributed by atoms with van der Waals surface area (Å²) in [6, 6.07) is 6.80. The Balaban J connectivity index is 2.32. The molecule has 1 heterocycles. The van der Waals surface area contributed by atoms with Crippen LogP contribution in [0.4, 0.5) is 5.69 Å². The lowest BCUT2D eigenvalue weighted by atomic mass is 10.0. The van der Waals surface area contributed by atoms with Crippen molar-refractivity contribution in [2.75, 3.05) is 38.7 Å². The number of ether oxygens (including phenoxy) is 1. The number of nitrogens with zero attached hydrogens (tertiary/aromatic N) is 2. The van der Waals surface area contributed by atoms with Gasteiger partial charge in [-0.3, -0.25) is 4.90 Å². The molecule has 1 aliphatic rings. The van der Waals surface area contributed by atoms with Gasteiger partial charge in [-0.25, -0.2) is 0 Å². The van der Waals surface area contributed by atoms with Crippen LogP contribution in [0.1, 0.15) is 31.9 Å². The maximum absolute atomic E-state index is 6.17. The van der Waals surface area contributed by atoms with Crippen molar-refractivity contribution in [3.05, 3.63) is 23.8 Å². The molecule has 1 unspecified atom stereocenters. The molecule has 20 heavy (non-hydrogen) atoms. The minimum Gasteiger partial charge on any atom is -0.496 e. The highest BCUT2D eigenvalue weighted by Gasteiger charge is 2.26. The minimum atomic E-state index is -0.0270. The zero-order valence-corrected chi connectivity index (χ0v) is 13.1. The lowest BCUT2D eigenvalue weighted by Crippen LogP contribution is -2.51. The van der Waals surface area contributed by atoms with E-state index < -0.39 is 0 Å². The van der Waals surface area contributed by atoms with Crippen LogP contribution < -0.4 is 15.4 Å². The molecule has 1 aromatic rings. The van der Waals surface area contributed by atoms with Gasteiger partial charge in [0.2, 0.25) is 0 Å². The van der Waals surface area contributed by atoms with Gasteiger partial charge in [0.25, 0.3) is 0 Å². The first kappa shape index (κ1) is 15.1. The van der Waals surface area contributed by atoms with Crippen LogP contribution in [0.2, 0.25) is 0 Å². The van der Waals surface area contributed by atoms with Gasteiger partial charge >= 0.3 is 0 Å². The van der Waals surface area contributed by atoms with E-state index in [9.17, 15) is 0 Å². The van der Waals surface area contributed by atoms with Gasteiger partial charge in [-0.2, -0.15) is 0 Å². The van der Waals surface area contributed by atoms with Crippen molar-refractivity contribution in [2.45, 2.75) is 32.4 Å². The second kappa shape index (κ2) is 6.46. The number of nitrogens with two attached hydrogens (primary N) is 1. The molecular formula is C16H27N3O. The Bertz CT molecular complexity index is 447. The van der Waals surface area contributed by atoms with E-state index in [4.69, 9.17) is 10.5 Å². The van der Waals surface area contributed by atoms with Crippen molar-refractivity contribution in [3.8, 4) is 5.75 Å². The third-order valence-corrected chi connectivity index (χ3v) is 4.31. The molecule has 0 radical (unpaired) electrons. The summed E-state index contributed by atoms with van der Waals surface area (Å²) in [5, 5.41) is 0. The molecule has 2 atom stereocenters. The van der Waals surface area contributed by atoms with Crippen LogP contribution in [0.3, 0.4) is 0 Å². The molecule has 1 aromatic carbocycles. The minimum absolute atomic E-state index is 0.0270. The Kier molecular flexibility index (Phi) is 4.89. The monoisotopic (exact) mass is 277 g/mol. The largest absolute Gasteiger partial charge is 0.496 e. The Labute approximate surface area is 122 Å². The third kappa shape index (κ3) is 2.91. The molecule has 112 valence electrons. The first-order chi connectivity index (χ1) is 9.58. The Hall–Kier alpha value is -1.26. The third-order valence-electron chi connectivity index (χ3n) is 4.31. The average Bonchev–Trinajstić information content (AvgIpc) is 2.46. The van der Waals surface area contributed by atoms with Crippen LogP contribution >= 0.6 is 0 Å². The van der Waals surface area contributed by atoms with E-state index in [1.165, 1.54) is 12.1 Å². The fourth-order valence-electron chi connectivity index (χ4n) is 3.05. The molecule has 0 amide bonds. The molecule has 2 N–H and O–H groups in total. The van der Waals surface area contributed by atoms with Crippen LogP contribution in [0.5, 0.6) is 5.75 Å². The standard InChI is InChI=1S/C16H27N3O/c1-5-13-11-19(10-9-18(13)3)14-7-6-8-15(20-4)16(14)12(2)17/h6-8,12-13H,5,9-11,17H2,1-4H3/t12-,13?/m0/s1. The number of piperazine rings is 1. The second-order valence-electron chi connectivity index (χ2n) is 5.67. The van der Waals surface area contributed by atoms with Gasteiger partial charge in [0, 0.05) is 43.0 Å². The lowest BCUT2D eigenvalue weighted by Gasteiger charge is -2.41. The second-order valence-corrected chi connectivity index (χ2v) is 5.67. The highest BCUT2D eigenvalue weighted by atomic mass is 16.5. The van der Waals surface area contributed by atoms with Gasteiger partial charge in [-0.15, -0.1) is 0 Å². The van der Waals surface area contributed by atoms with Crippen molar-refractivity contribution in [1.82, 2.24) is 4.90 Å². The molecule has 0 spiro atoms. The Morgan fingerprint density at radius 2 is 2.15 bits per heavy atom. The summed E-state index contributed by atoms with van der Waals surface area (Å²) in [7, 11) is 3.92. The summed E-state index contributed by atoms with van der Waals surface area (Å²) < 4.78 is 5.50. The molecule has 0 saturated carbocycles. The first-order valence-electron chi connectivity index (χ1n) is 7.46. The summed E-state index contributed by atoms with van der Waals surface area (Å²) in [6.07, 6.45) is 1.17. The topological polar surface area (TPSA) is 41.7 Å². The molecule has 1 fully saturated rings. The van der Waals surface area contributed by atoms with E-state index >= 15 is 0 Å². The molecule has 2 rings (SSSR count). The van der Waals surface area contributed by atoms with Gasteiger partial charge in [0.1, 0.15) is 5.75 Å². The van der Waals surface area contributed by atoms with Crippen molar-refractivity contribution in [2.24, 2.45) is 5.73 Å². The van der Waals surface area contributed by atoms with E-state index in [2.05, 4.69) is 35.9 Å². The smallest absolute Gasteiger partial charge is 0.125 e. The summed E-state index contributed by atoms with van der Waals surface area (Å²) in [5.74, 6) is 0.893. The van der Waals surface area contributed by atoms with E-state index in [0.29, 0.717) is 6.04 Å². The summed E-state index contributed by atoms with van der Waals surface area (Å²) in [5.41, 5.74) is 8.52. The zero-order valence-electron chi connectivity index (χ0n) is 13.1. The summed E-state index contributed by atoms with van der Waals surface area (Å²) in [6.45, 7) is 7.46. The molecular weight excluding hydrogens is 250 g/mol. The molecule has 0 aliphatic carbocycles. The summed E-state index contributed by atoms with van der Waals surface area (Å²) in [4.78, 5) is 4.90. The quantitative estimate of drug-likeness (QED) is 0.916. The number of methoxy groups -OCH3 is 1. The van der Waals surface area contributed by atoms with E-state index in [1.54, 1.807) is 7.11 Å². The van der Waals surface area contributed by atoms with Crippen LogP contribution in [0.25, 0.3) is 0 Å². The number of anilines is 1. The normalized spacial score (nSPS) is 21.9. The summed E-state index contributed by atoms with van der Waals surface area (Å²) >= 11 is 0. The Morgan fingerprint density at radius 3 is 2.75 bits per heavy atom. The van der Waals surface area contributed by atoms with Crippen LogP contribution in [0, 0.1) is 0 Å². The van der Waals surface area contributed by atoms with Crippen molar-refractivity contribution < 1.29 is 4.74 Å². The fraction of sp³-hybridized carbons (Fsp3) is 0.625. The van der Waals surface area contributed by atoms with Crippen LogP contribution in [-0.2, 0) is 0 Å². The number of hydrogen-bond donors (Lipinski definition) is 1. The molecule has 1 aliphatic heterocycles. The number of hydrogen-bond acceptors (Lipinski definition) is 4. The molecule has 1 saturated heterocycles. The van der Waals surface area contributed by atoms with Gasteiger partial charge < -0.3 is 15.4 Å². The highest BCUT2D eigenvalue weighted by Crippen LogP contribution is 2.34. The lowest BCUT2D eigenvalue weighted by molar-refractivity contribution is 0.213. The van der Waals surface area contributed by atoms with Crippen molar-refractivity contribution in [1.29, 1.82) is 0 Å². The molecule has 4 nitrogen and oxygen atoms in total. The van der Waals surface area contributed by atoms with Gasteiger partial charge in [-0.05, 0) is 32.5 Å². The van der Waals surface area contributed by atoms with Gasteiger partial charge in [0.05, 0.1) is 7.11 Å². The predicted octanol–water partition coefficient (Wildman–Crippen LogP) is 2.25. The van der Waals surface area contributed by atoms with E-state index in [1.807, 2.05) is 13.0 Å².